The van der Waals surface area contributed by atoms with Gasteiger partial charge in [0.25, 0.3) is 0 Å². The van der Waals surface area contributed by atoms with E-state index in [1.807, 2.05) is 27.7 Å². The van der Waals surface area contributed by atoms with E-state index in [2.05, 4.69) is 33.5 Å². The maximum absolute atomic E-state index is 14.0. The third kappa shape index (κ3) is 23.1. The standard InChI is InChI=1S/C48H87N7O10/c1-11-12-13-14-15-16-17-18-19-20-21-22-23-24-40(58)54-48(8,9)47(64)55-30-34(56)29-38(55)44(61)51-36(27-31(2)3)43(60)53-41(33(6)7)45(62)50-35(25-26-39(49)57)42(59)52-37(28-32(4)5)46(63)65-10/h31-38,41,56H,11-30H2,1-10H3,(H2,49,57)(H,50,62)(H,51,61)(H,52,59)(H,53,60)(H,54,58)/t34-,35-,36-,37-,38-,41-/m0/s1. The molecular formula is C48H87N7O10. The maximum atomic E-state index is 14.0. The van der Waals surface area contributed by atoms with Crippen LogP contribution >= 0.6 is 0 Å². The van der Waals surface area contributed by atoms with E-state index in [-0.39, 0.29) is 62.8 Å². The number of nitrogens with zero attached hydrogens (tertiary/aromatic N) is 1. The number of ether oxygens (including phenoxy) is 1. The van der Waals surface area contributed by atoms with E-state index in [0.717, 1.165) is 19.3 Å². The Hall–Kier alpha value is -4.28. The maximum Gasteiger partial charge on any atom is 0.328 e. The molecule has 0 aromatic rings. The van der Waals surface area contributed by atoms with Crippen LogP contribution in [0.2, 0.25) is 0 Å². The average molecular weight is 922 g/mol. The van der Waals surface area contributed by atoms with Crippen LogP contribution in [0, 0.1) is 17.8 Å². The number of hydrogen-bond acceptors (Lipinski definition) is 10. The number of likely N-dealkylation sites (tertiary alicyclic amines) is 1. The van der Waals surface area contributed by atoms with Gasteiger partial charge in [0.2, 0.25) is 41.4 Å². The minimum absolute atomic E-state index is 0.00299. The first kappa shape index (κ1) is 58.7. The van der Waals surface area contributed by atoms with Gasteiger partial charge in [0.05, 0.1) is 13.2 Å². The van der Waals surface area contributed by atoms with Crippen LogP contribution in [0.25, 0.3) is 0 Å². The fourth-order valence-corrected chi connectivity index (χ4v) is 8.09. The third-order valence-corrected chi connectivity index (χ3v) is 11.7. The normalized spacial score (nSPS) is 17.0. The van der Waals surface area contributed by atoms with Crippen molar-refractivity contribution in [3.63, 3.8) is 0 Å². The molecule has 0 radical (unpaired) electrons. The summed E-state index contributed by atoms with van der Waals surface area (Å²) in [5.41, 5.74) is 3.98. The van der Waals surface area contributed by atoms with E-state index < -0.39 is 89.2 Å². The van der Waals surface area contributed by atoms with E-state index in [9.17, 15) is 43.5 Å². The molecule has 374 valence electrons. The summed E-state index contributed by atoms with van der Waals surface area (Å²) >= 11 is 0. The van der Waals surface area contributed by atoms with Crippen LogP contribution in [0.15, 0.2) is 0 Å². The Morgan fingerprint density at radius 1 is 0.677 bits per heavy atom. The fraction of sp³-hybridized carbons (Fsp3) is 0.833. The first-order valence-electron chi connectivity index (χ1n) is 24.4. The second kappa shape index (κ2) is 30.8. The molecule has 17 heteroatoms. The first-order valence-corrected chi connectivity index (χ1v) is 24.4. The van der Waals surface area contributed by atoms with Crippen molar-refractivity contribution in [3.8, 4) is 0 Å². The van der Waals surface area contributed by atoms with Gasteiger partial charge in [-0.3, -0.25) is 33.6 Å². The number of nitrogens with two attached hydrogens (primary N) is 1. The molecule has 1 heterocycles. The van der Waals surface area contributed by atoms with Gasteiger partial charge >= 0.3 is 5.97 Å². The quantitative estimate of drug-likeness (QED) is 0.0360. The molecule has 0 saturated carbocycles. The zero-order chi connectivity index (χ0) is 49.3. The topological polar surface area (TPSA) is 255 Å². The summed E-state index contributed by atoms with van der Waals surface area (Å²) in [5.74, 6) is -5.71. The van der Waals surface area contributed by atoms with Crippen molar-refractivity contribution in [2.75, 3.05) is 13.7 Å². The largest absolute Gasteiger partial charge is 0.467 e. The van der Waals surface area contributed by atoms with Crippen molar-refractivity contribution in [1.82, 2.24) is 31.5 Å². The number of primary amides is 1. The minimum Gasteiger partial charge on any atom is -0.467 e. The zero-order valence-electron chi connectivity index (χ0n) is 41.5. The lowest BCUT2D eigenvalue weighted by Crippen LogP contribution is -2.61. The smallest absolute Gasteiger partial charge is 0.328 e. The van der Waals surface area contributed by atoms with Crippen LogP contribution in [0.4, 0.5) is 0 Å². The zero-order valence-corrected chi connectivity index (χ0v) is 41.5. The second-order valence-corrected chi connectivity index (χ2v) is 19.7. The van der Waals surface area contributed by atoms with Crippen molar-refractivity contribution in [2.45, 2.75) is 226 Å². The number of nitrogens with one attached hydrogen (secondary N) is 5. The van der Waals surface area contributed by atoms with Gasteiger partial charge in [-0.15, -0.1) is 0 Å². The summed E-state index contributed by atoms with van der Waals surface area (Å²) in [6, 6.07) is -5.83. The van der Waals surface area contributed by atoms with Crippen molar-refractivity contribution >= 4 is 47.3 Å². The highest BCUT2D eigenvalue weighted by Crippen LogP contribution is 2.24. The molecule has 0 aliphatic carbocycles. The summed E-state index contributed by atoms with van der Waals surface area (Å²) in [7, 11) is 1.19. The average Bonchev–Trinajstić information content (AvgIpc) is 3.62. The molecule has 1 saturated heterocycles. The number of amides is 7. The van der Waals surface area contributed by atoms with Gasteiger partial charge in [-0.25, -0.2) is 4.79 Å². The second-order valence-electron chi connectivity index (χ2n) is 19.7. The Labute approximate surface area is 389 Å². The summed E-state index contributed by atoms with van der Waals surface area (Å²) in [4.78, 5) is 107. The van der Waals surface area contributed by atoms with E-state index in [1.165, 1.54) is 69.8 Å². The Morgan fingerprint density at radius 3 is 1.66 bits per heavy atom. The Balaban J connectivity index is 2.97. The van der Waals surface area contributed by atoms with Crippen LogP contribution in [0.5, 0.6) is 0 Å². The number of esters is 1. The van der Waals surface area contributed by atoms with Gasteiger partial charge in [-0.05, 0) is 57.3 Å². The molecule has 17 nitrogen and oxygen atoms in total. The number of carbonyl (C=O) groups excluding carboxylic acids is 8. The summed E-state index contributed by atoms with van der Waals surface area (Å²) in [6.07, 6.45) is 14.5. The minimum atomic E-state index is -1.39. The number of hydrogen-bond donors (Lipinski definition) is 7. The van der Waals surface area contributed by atoms with E-state index in [0.29, 0.717) is 6.42 Å². The number of aliphatic hydroxyl groups is 1. The highest BCUT2D eigenvalue weighted by Gasteiger charge is 2.45. The van der Waals surface area contributed by atoms with E-state index in [1.54, 1.807) is 27.7 Å². The Bertz CT molecular complexity index is 1520. The van der Waals surface area contributed by atoms with Gasteiger partial charge in [-0.1, -0.05) is 126 Å². The highest BCUT2D eigenvalue weighted by atomic mass is 16.5. The summed E-state index contributed by atoms with van der Waals surface area (Å²) in [5, 5.41) is 24.2. The Kier molecular flexibility index (Phi) is 27.9. The monoisotopic (exact) mass is 922 g/mol. The molecule has 0 bridgehead atoms. The van der Waals surface area contributed by atoms with Gasteiger partial charge in [0, 0.05) is 25.8 Å². The van der Waals surface area contributed by atoms with Crippen molar-refractivity contribution in [1.29, 1.82) is 0 Å². The number of rotatable bonds is 33. The van der Waals surface area contributed by atoms with Crippen molar-refractivity contribution < 1.29 is 48.2 Å². The molecule has 7 amide bonds. The lowest BCUT2D eigenvalue weighted by Gasteiger charge is -2.34. The molecule has 1 fully saturated rings. The van der Waals surface area contributed by atoms with Crippen LogP contribution < -0.4 is 32.3 Å². The van der Waals surface area contributed by atoms with Crippen LogP contribution in [0.1, 0.15) is 184 Å². The van der Waals surface area contributed by atoms with Crippen LogP contribution in [-0.2, 0) is 43.1 Å². The van der Waals surface area contributed by atoms with Crippen molar-refractivity contribution in [3.05, 3.63) is 0 Å². The molecule has 0 unspecified atom stereocenters. The van der Waals surface area contributed by atoms with Gasteiger partial charge in [-0.2, -0.15) is 0 Å². The molecule has 0 spiro atoms. The van der Waals surface area contributed by atoms with Gasteiger partial charge < -0.3 is 47.1 Å². The van der Waals surface area contributed by atoms with E-state index >= 15 is 0 Å². The number of β-amino-alcohol motifs (C(OH)–C–C–N with tert-alkyl or cyclic N) is 1. The molecule has 6 atom stereocenters. The van der Waals surface area contributed by atoms with Crippen LogP contribution in [0.3, 0.4) is 0 Å². The molecule has 0 aromatic heterocycles. The molecule has 8 N–H and O–H groups in total. The Morgan fingerprint density at radius 2 is 1.17 bits per heavy atom. The van der Waals surface area contributed by atoms with Crippen molar-refractivity contribution in [2.24, 2.45) is 23.5 Å². The highest BCUT2D eigenvalue weighted by molar-refractivity contribution is 5.98. The summed E-state index contributed by atoms with van der Waals surface area (Å²) < 4.78 is 4.85. The molecule has 65 heavy (non-hydrogen) atoms. The predicted molar refractivity (Wildman–Crippen MR) is 251 cm³/mol. The predicted octanol–water partition coefficient (Wildman–Crippen LogP) is 4.45. The first-order chi connectivity index (χ1) is 30.5. The molecule has 1 rings (SSSR count). The lowest BCUT2D eigenvalue weighted by atomic mass is 9.98. The van der Waals surface area contributed by atoms with Gasteiger partial charge in [0.1, 0.15) is 35.7 Å². The fourth-order valence-electron chi connectivity index (χ4n) is 8.09. The number of aliphatic hydroxyl groups excluding tert-OH is 1. The molecular weight excluding hydrogens is 835 g/mol. The molecule has 1 aliphatic heterocycles. The van der Waals surface area contributed by atoms with Gasteiger partial charge in [0.15, 0.2) is 0 Å². The SMILES string of the molecule is CCCCCCCCCCCCCCCC(=O)NC(C)(C)C(=O)N1C[C@@H](O)C[C@H]1C(=O)N[C@@H](CC(C)C)C(=O)N[C@H](C(=O)N[C@@H](CCC(N)=O)C(=O)N[C@@H](CC(C)C)C(=O)OC)C(C)C. The van der Waals surface area contributed by atoms with Crippen LogP contribution in [-0.4, -0.2) is 113 Å². The third-order valence-electron chi connectivity index (χ3n) is 11.7. The number of unbranched alkanes of at least 4 members (excludes halogenated alkanes) is 12. The molecule has 1 aliphatic rings. The number of methoxy groups -OCH3 is 1. The lowest BCUT2D eigenvalue weighted by molar-refractivity contribution is -0.146. The number of carbonyl (C=O) groups is 8. The molecule has 0 aromatic carbocycles. The van der Waals surface area contributed by atoms with E-state index in [4.69, 9.17) is 10.5 Å². The summed E-state index contributed by atoms with van der Waals surface area (Å²) in [6.45, 7) is 16.0.